The molecule has 3 heterocycles. The number of hydrogen-bond acceptors (Lipinski definition) is 9. The van der Waals surface area contributed by atoms with Crippen LogP contribution < -0.4 is 18.9 Å². The Morgan fingerprint density at radius 2 is 1.79 bits per heavy atom. The summed E-state index contributed by atoms with van der Waals surface area (Å²) in [5, 5.41) is 8.66. The Morgan fingerprint density at radius 3 is 2.38 bits per heavy atom. The van der Waals surface area contributed by atoms with Gasteiger partial charge in [-0.15, -0.1) is 4.80 Å². The van der Waals surface area contributed by atoms with Crippen LogP contribution in [0.4, 0.5) is 14.7 Å². The molecule has 16 heteroatoms. The van der Waals surface area contributed by atoms with Gasteiger partial charge in [0.05, 0.1) is 37.2 Å². The number of anilines is 1. The minimum absolute atomic E-state index is 0.146. The number of nitrogens with zero attached hydrogens (tertiary/aromatic N) is 5. The number of H-pyrrole nitrogens is 1. The second-order valence-electron chi connectivity index (χ2n) is 6.49. The molecule has 34 heavy (non-hydrogen) atoms. The topological polar surface area (TPSA) is 146 Å². The third-order valence-corrected chi connectivity index (χ3v) is 6.09. The van der Waals surface area contributed by atoms with Crippen molar-refractivity contribution in [2.45, 2.75) is 11.3 Å². The van der Waals surface area contributed by atoms with Gasteiger partial charge in [0.2, 0.25) is 11.7 Å². The van der Waals surface area contributed by atoms with Crippen LogP contribution in [0.25, 0.3) is 16.6 Å². The standard InChI is InChI=1S/C18H16ClF2N7O5S/c1-31-16-15(33-8-12(20)21)17(32-2)26-18(25-16)27-34(29,30)11-7-22-13-9(11)3-4-10(19)14(13)28-23-5-6-24-28/h3-7,12,22H,8H2,1-2H3,(H,25,26,27). The Balaban J connectivity index is 1.73. The summed E-state index contributed by atoms with van der Waals surface area (Å²) in [6.45, 7) is -0.966. The Labute approximate surface area is 195 Å². The average molecular weight is 516 g/mol. The van der Waals surface area contributed by atoms with Crippen LogP contribution in [0.1, 0.15) is 0 Å². The second kappa shape index (κ2) is 9.26. The SMILES string of the molecule is COc1nc(NS(=O)(=O)c2c[nH]c3c(-n4nccn4)c(Cl)ccc23)nc(OC)c1OCC(F)F. The third-order valence-electron chi connectivity index (χ3n) is 4.42. The fraction of sp³-hybridized carbons (Fsp3) is 0.222. The van der Waals surface area contributed by atoms with Gasteiger partial charge in [0.25, 0.3) is 28.2 Å². The van der Waals surface area contributed by atoms with Gasteiger partial charge in [0.15, 0.2) is 0 Å². The van der Waals surface area contributed by atoms with Gasteiger partial charge in [-0.3, -0.25) is 0 Å². The summed E-state index contributed by atoms with van der Waals surface area (Å²) >= 11 is 6.28. The van der Waals surface area contributed by atoms with Crippen molar-refractivity contribution in [2.24, 2.45) is 0 Å². The van der Waals surface area contributed by atoms with Crippen molar-refractivity contribution in [2.75, 3.05) is 25.5 Å². The summed E-state index contributed by atoms with van der Waals surface area (Å²) < 4.78 is 68.7. The predicted octanol–water partition coefficient (Wildman–Crippen LogP) is 2.65. The van der Waals surface area contributed by atoms with Crippen LogP contribution in [-0.4, -0.2) is 65.6 Å². The van der Waals surface area contributed by atoms with Crippen molar-refractivity contribution in [1.82, 2.24) is 29.9 Å². The van der Waals surface area contributed by atoms with E-state index in [2.05, 4.69) is 29.9 Å². The molecule has 0 bridgehead atoms. The van der Waals surface area contributed by atoms with Crippen LogP contribution >= 0.6 is 11.6 Å². The molecule has 1 aromatic carbocycles. The largest absolute Gasteiger partial charge is 0.478 e. The number of hydrogen-bond donors (Lipinski definition) is 2. The van der Waals surface area contributed by atoms with Gasteiger partial charge in [-0.05, 0) is 12.1 Å². The van der Waals surface area contributed by atoms with Crippen LogP contribution in [-0.2, 0) is 10.0 Å². The molecule has 0 saturated carbocycles. The number of halogens is 3. The maximum absolute atomic E-state index is 13.2. The quantitative estimate of drug-likeness (QED) is 0.343. The number of sulfonamides is 1. The molecule has 0 saturated heterocycles. The molecule has 0 spiro atoms. The minimum Gasteiger partial charge on any atom is -0.478 e. The first-order chi connectivity index (χ1) is 16.2. The van der Waals surface area contributed by atoms with Crippen molar-refractivity contribution in [3.8, 4) is 23.2 Å². The predicted molar refractivity (Wildman–Crippen MR) is 116 cm³/mol. The van der Waals surface area contributed by atoms with Crippen molar-refractivity contribution in [1.29, 1.82) is 0 Å². The highest BCUT2D eigenvalue weighted by Gasteiger charge is 2.26. The first kappa shape index (κ1) is 23.4. The number of aromatic amines is 1. The van der Waals surface area contributed by atoms with Gasteiger partial charge >= 0.3 is 0 Å². The summed E-state index contributed by atoms with van der Waals surface area (Å²) in [7, 11) is -1.86. The molecule has 0 aliphatic heterocycles. The Morgan fingerprint density at radius 1 is 1.15 bits per heavy atom. The summed E-state index contributed by atoms with van der Waals surface area (Å²) in [5.41, 5.74) is 0.724. The van der Waals surface area contributed by atoms with E-state index >= 15 is 0 Å². The van der Waals surface area contributed by atoms with Crippen LogP contribution in [0.15, 0.2) is 35.6 Å². The van der Waals surface area contributed by atoms with Gasteiger partial charge in [-0.2, -0.15) is 20.2 Å². The Kier molecular flexibility index (Phi) is 6.39. The first-order valence-corrected chi connectivity index (χ1v) is 11.2. The molecule has 4 aromatic rings. The highest BCUT2D eigenvalue weighted by atomic mass is 35.5. The Bertz CT molecular complexity index is 1410. The molecule has 2 N–H and O–H groups in total. The van der Waals surface area contributed by atoms with E-state index in [1.807, 2.05) is 0 Å². The summed E-state index contributed by atoms with van der Waals surface area (Å²) in [6.07, 6.45) is 1.38. The lowest BCUT2D eigenvalue weighted by molar-refractivity contribution is 0.0781. The molecular weight excluding hydrogens is 500 g/mol. The maximum Gasteiger partial charge on any atom is 0.272 e. The molecule has 0 aliphatic rings. The number of rotatable bonds is 9. The van der Waals surface area contributed by atoms with Crippen molar-refractivity contribution < 1.29 is 31.4 Å². The van der Waals surface area contributed by atoms with E-state index in [1.165, 1.54) is 49.7 Å². The lowest BCUT2D eigenvalue weighted by atomic mass is 10.2. The summed E-state index contributed by atoms with van der Waals surface area (Å²) in [6, 6.07) is 3.02. The molecule has 0 atom stereocenters. The van der Waals surface area contributed by atoms with Gasteiger partial charge < -0.3 is 19.2 Å². The van der Waals surface area contributed by atoms with Crippen LogP contribution in [0, 0.1) is 0 Å². The number of methoxy groups -OCH3 is 2. The highest BCUT2D eigenvalue weighted by molar-refractivity contribution is 7.93. The number of ether oxygens (including phenoxy) is 3. The molecule has 4 rings (SSSR count). The maximum atomic E-state index is 13.2. The molecule has 0 aliphatic carbocycles. The lowest BCUT2D eigenvalue weighted by Gasteiger charge is -2.14. The van der Waals surface area contributed by atoms with E-state index in [4.69, 9.17) is 25.8 Å². The molecule has 180 valence electrons. The number of alkyl halides is 2. The summed E-state index contributed by atoms with van der Waals surface area (Å²) in [5.74, 6) is -1.34. The monoisotopic (exact) mass is 515 g/mol. The van der Waals surface area contributed by atoms with E-state index in [0.29, 0.717) is 21.6 Å². The van der Waals surface area contributed by atoms with Crippen molar-refractivity contribution in [3.05, 3.63) is 35.7 Å². The van der Waals surface area contributed by atoms with Crippen LogP contribution in [0.3, 0.4) is 0 Å². The summed E-state index contributed by atoms with van der Waals surface area (Å²) in [4.78, 5) is 11.8. The van der Waals surface area contributed by atoms with Crippen LogP contribution in [0.5, 0.6) is 17.5 Å². The highest BCUT2D eigenvalue weighted by Crippen LogP contribution is 2.37. The lowest BCUT2D eigenvalue weighted by Crippen LogP contribution is -2.16. The molecular formula is C18H16ClF2N7O5S. The van der Waals surface area contributed by atoms with Gasteiger partial charge in [-0.25, -0.2) is 21.9 Å². The van der Waals surface area contributed by atoms with E-state index in [1.54, 1.807) is 0 Å². The van der Waals surface area contributed by atoms with Gasteiger partial charge in [0, 0.05) is 11.6 Å². The fourth-order valence-electron chi connectivity index (χ4n) is 3.06. The zero-order chi connectivity index (χ0) is 24.5. The first-order valence-electron chi connectivity index (χ1n) is 9.35. The molecule has 0 radical (unpaired) electrons. The second-order valence-corrected chi connectivity index (χ2v) is 8.55. The number of aromatic nitrogens is 6. The van der Waals surface area contributed by atoms with E-state index in [-0.39, 0.29) is 22.4 Å². The normalized spacial score (nSPS) is 11.7. The minimum atomic E-state index is -4.25. The molecule has 0 fully saturated rings. The number of fused-ring (bicyclic) bond motifs is 1. The van der Waals surface area contributed by atoms with Gasteiger partial charge in [-0.1, -0.05) is 11.6 Å². The van der Waals surface area contributed by atoms with Crippen LogP contribution in [0.2, 0.25) is 5.02 Å². The van der Waals surface area contributed by atoms with E-state index in [9.17, 15) is 17.2 Å². The average Bonchev–Trinajstić information content (AvgIpc) is 3.47. The molecule has 0 unspecified atom stereocenters. The fourth-order valence-corrected chi connectivity index (χ4v) is 4.41. The number of benzene rings is 1. The van der Waals surface area contributed by atoms with Crippen molar-refractivity contribution >= 4 is 38.5 Å². The Hall–Kier alpha value is -3.72. The van der Waals surface area contributed by atoms with E-state index in [0.717, 1.165) is 0 Å². The smallest absolute Gasteiger partial charge is 0.272 e. The van der Waals surface area contributed by atoms with Gasteiger partial charge in [0.1, 0.15) is 17.2 Å². The van der Waals surface area contributed by atoms with E-state index < -0.39 is 29.0 Å². The zero-order valence-electron chi connectivity index (χ0n) is 17.5. The molecule has 0 amide bonds. The molecule has 3 aromatic heterocycles. The number of nitrogens with one attached hydrogen (secondary N) is 2. The van der Waals surface area contributed by atoms with Crippen molar-refractivity contribution in [3.63, 3.8) is 0 Å². The third kappa shape index (κ3) is 4.38. The molecule has 12 nitrogen and oxygen atoms in total. The zero-order valence-corrected chi connectivity index (χ0v) is 19.1.